The molecule has 2 rings (SSSR count). The molecular formula is C18H29N. The van der Waals surface area contributed by atoms with Crippen molar-refractivity contribution >= 4 is 0 Å². The van der Waals surface area contributed by atoms with Gasteiger partial charge in [-0.2, -0.15) is 0 Å². The van der Waals surface area contributed by atoms with Crippen molar-refractivity contribution in [1.82, 2.24) is 4.90 Å². The Kier molecular flexibility index (Phi) is 5.45. The number of aryl methyl sites for hydroxylation is 1. The summed E-state index contributed by atoms with van der Waals surface area (Å²) in [7, 11) is 0. The first-order valence-corrected chi connectivity index (χ1v) is 8.01. The zero-order valence-electron chi connectivity index (χ0n) is 12.9. The molecule has 0 bridgehead atoms. The van der Waals surface area contributed by atoms with Gasteiger partial charge in [0.1, 0.15) is 0 Å². The zero-order valence-corrected chi connectivity index (χ0v) is 12.9. The molecule has 1 unspecified atom stereocenters. The van der Waals surface area contributed by atoms with Gasteiger partial charge in [0, 0.05) is 6.04 Å². The Morgan fingerprint density at radius 2 is 1.84 bits per heavy atom. The average molecular weight is 259 g/mol. The van der Waals surface area contributed by atoms with Crippen LogP contribution in [0.2, 0.25) is 0 Å². The molecule has 1 saturated heterocycles. The third-order valence-corrected chi connectivity index (χ3v) is 4.70. The van der Waals surface area contributed by atoms with E-state index in [0.29, 0.717) is 0 Å². The van der Waals surface area contributed by atoms with E-state index in [1.54, 1.807) is 5.56 Å². The minimum Gasteiger partial charge on any atom is -0.300 e. The molecule has 106 valence electrons. The maximum Gasteiger partial charge on any atom is 0.0136 e. The lowest BCUT2D eigenvalue weighted by atomic mass is 9.94. The van der Waals surface area contributed by atoms with Crippen molar-refractivity contribution in [3.63, 3.8) is 0 Å². The summed E-state index contributed by atoms with van der Waals surface area (Å²) in [6, 6.07) is 7.53. The Labute approximate surface area is 119 Å². The molecule has 1 nitrogen and oxygen atoms in total. The summed E-state index contributed by atoms with van der Waals surface area (Å²) in [5, 5.41) is 0. The molecule has 0 N–H and O–H groups in total. The van der Waals surface area contributed by atoms with Crippen LogP contribution >= 0.6 is 0 Å². The Bertz CT molecular complexity index is 391. The molecule has 0 saturated carbocycles. The average Bonchev–Trinajstić information content (AvgIpc) is 2.44. The minimum atomic E-state index is 0.755. The van der Waals surface area contributed by atoms with Gasteiger partial charge in [-0.1, -0.05) is 38.0 Å². The highest BCUT2D eigenvalue weighted by Gasteiger charge is 2.20. The second-order valence-electron chi connectivity index (χ2n) is 6.10. The Balaban J connectivity index is 2.08. The monoisotopic (exact) mass is 259 g/mol. The van der Waals surface area contributed by atoms with E-state index < -0.39 is 0 Å². The largest absolute Gasteiger partial charge is 0.300 e. The van der Waals surface area contributed by atoms with Crippen molar-refractivity contribution in [1.29, 1.82) is 0 Å². The molecule has 1 heteroatoms. The standard InChI is InChI=1S/C18H29N/c1-4-9-18(19-12-6-5-7-13-19)14-17-11-8-10-15(2)16(17)3/h8,10-11,18H,4-7,9,12-14H2,1-3H3. The first-order chi connectivity index (χ1) is 9.22. The Morgan fingerprint density at radius 3 is 2.53 bits per heavy atom. The smallest absolute Gasteiger partial charge is 0.0136 e. The van der Waals surface area contributed by atoms with Crippen molar-refractivity contribution < 1.29 is 0 Å². The molecule has 1 aliphatic heterocycles. The third-order valence-electron chi connectivity index (χ3n) is 4.70. The second kappa shape index (κ2) is 7.09. The molecular weight excluding hydrogens is 230 g/mol. The number of hydrogen-bond donors (Lipinski definition) is 0. The maximum absolute atomic E-state index is 2.74. The van der Waals surface area contributed by atoms with Gasteiger partial charge in [0.2, 0.25) is 0 Å². The molecule has 0 amide bonds. The molecule has 1 fully saturated rings. The SMILES string of the molecule is CCCC(Cc1cccc(C)c1C)N1CCCCC1. The lowest BCUT2D eigenvalue weighted by Crippen LogP contribution is -2.40. The van der Waals surface area contributed by atoms with Crippen LogP contribution in [0.25, 0.3) is 0 Å². The van der Waals surface area contributed by atoms with Crippen LogP contribution in [0.1, 0.15) is 55.7 Å². The quantitative estimate of drug-likeness (QED) is 0.752. The van der Waals surface area contributed by atoms with E-state index >= 15 is 0 Å². The number of rotatable bonds is 5. The van der Waals surface area contributed by atoms with Crippen LogP contribution in [0, 0.1) is 13.8 Å². The summed E-state index contributed by atoms with van der Waals surface area (Å²) in [5.74, 6) is 0. The van der Waals surface area contributed by atoms with Crippen LogP contribution in [-0.4, -0.2) is 24.0 Å². The highest BCUT2D eigenvalue weighted by Crippen LogP contribution is 2.22. The van der Waals surface area contributed by atoms with Crippen LogP contribution in [0.3, 0.4) is 0 Å². The fourth-order valence-electron chi connectivity index (χ4n) is 3.32. The molecule has 0 radical (unpaired) electrons. The topological polar surface area (TPSA) is 3.24 Å². The molecule has 1 aliphatic rings. The fourth-order valence-corrected chi connectivity index (χ4v) is 3.32. The number of benzene rings is 1. The summed E-state index contributed by atoms with van der Waals surface area (Å²) < 4.78 is 0. The van der Waals surface area contributed by atoms with Gasteiger partial charge in [0.05, 0.1) is 0 Å². The Morgan fingerprint density at radius 1 is 1.11 bits per heavy atom. The normalized spacial score (nSPS) is 18.5. The van der Waals surface area contributed by atoms with Gasteiger partial charge in [0.15, 0.2) is 0 Å². The molecule has 0 aliphatic carbocycles. The van der Waals surface area contributed by atoms with E-state index in [-0.39, 0.29) is 0 Å². The van der Waals surface area contributed by atoms with E-state index in [1.165, 1.54) is 62.7 Å². The number of likely N-dealkylation sites (tertiary alicyclic amines) is 1. The second-order valence-corrected chi connectivity index (χ2v) is 6.10. The van der Waals surface area contributed by atoms with E-state index in [4.69, 9.17) is 0 Å². The number of piperidine rings is 1. The lowest BCUT2D eigenvalue weighted by molar-refractivity contribution is 0.153. The van der Waals surface area contributed by atoms with Crippen LogP contribution < -0.4 is 0 Å². The van der Waals surface area contributed by atoms with E-state index in [0.717, 1.165) is 6.04 Å². The summed E-state index contributed by atoms with van der Waals surface area (Å²) >= 11 is 0. The predicted octanol–water partition coefficient (Wildman–Crippen LogP) is 4.50. The van der Waals surface area contributed by atoms with Gasteiger partial charge in [-0.3, -0.25) is 0 Å². The van der Waals surface area contributed by atoms with Crippen LogP contribution in [0.15, 0.2) is 18.2 Å². The van der Waals surface area contributed by atoms with E-state index in [1.807, 2.05) is 0 Å². The number of hydrogen-bond acceptors (Lipinski definition) is 1. The van der Waals surface area contributed by atoms with Gasteiger partial charge < -0.3 is 4.90 Å². The van der Waals surface area contributed by atoms with E-state index in [2.05, 4.69) is 43.9 Å². The van der Waals surface area contributed by atoms with E-state index in [9.17, 15) is 0 Å². The van der Waals surface area contributed by atoms with Crippen molar-refractivity contribution in [2.45, 2.75) is 65.3 Å². The van der Waals surface area contributed by atoms with Crippen molar-refractivity contribution in [2.75, 3.05) is 13.1 Å². The van der Waals surface area contributed by atoms with Crippen LogP contribution in [0.4, 0.5) is 0 Å². The van der Waals surface area contributed by atoms with Gasteiger partial charge in [-0.15, -0.1) is 0 Å². The highest BCUT2D eigenvalue weighted by atomic mass is 15.2. The summed E-state index contributed by atoms with van der Waals surface area (Å²) in [6.07, 6.45) is 8.10. The summed E-state index contributed by atoms with van der Waals surface area (Å²) in [5.41, 5.74) is 4.50. The lowest BCUT2D eigenvalue weighted by Gasteiger charge is -2.35. The molecule has 0 spiro atoms. The van der Waals surface area contributed by atoms with Crippen LogP contribution in [0.5, 0.6) is 0 Å². The first-order valence-electron chi connectivity index (χ1n) is 8.01. The molecule has 1 atom stereocenters. The van der Waals surface area contributed by atoms with Crippen molar-refractivity contribution in [2.24, 2.45) is 0 Å². The minimum absolute atomic E-state index is 0.755. The van der Waals surface area contributed by atoms with Gasteiger partial charge >= 0.3 is 0 Å². The van der Waals surface area contributed by atoms with Gasteiger partial charge in [-0.25, -0.2) is 0 Å². The fraction of sp³-hybridized carbons (Fsp3) is 0.667. The summed E-state index contributed by atoms with van der Waals surface area (Å²) in [4.78, 5) is 2.74. The maximum atomic E-state index is 2.74. The molecule has 0 aromatic heterocycles. The molecule has 19 heavy (non-hydrogen) atoms. The molecule has 1 aromatic rings. The molecule has 1 heterocycles. The zero-order chi connectivity index (χ0) is 13.7. The predicted molar refractivity (Wildman–Crippen MR) is 83.7 cm³/mol. The number of nitrogens with zero attached hydrogens (tertiary/aromatic N) is 1. The third kappa shape index (κ3) is 3.82. The van der Waals surface area contributed by atoms with Gasteiger partial charge in [-0.05, 0) is 69.3 Å². The first kappa shape index (κ1) is 14.6. The Hall–Kier alpha value is -0.820. The van der Waals surface area contributed by atoms with Gasteiger partial charge in [0.25, 0.3) is 0 Å². The highest BCUT2D eigenvalue weighted by molar-refractivity contribution is 5.33. The molecule has 1 aromatic carbocycles. The van der Waals surface area contributed by atoms with Crippen molar-refractivity contribution in [3.05, 3.63) is 34.9 Å². The van der Waals surface area contributed by atoms with Crippen molar-refractivity contribution in [3.8, 4) is 0 Å². The van der Waals surface area contributed by atoms with Crippen LogP contribution in [-0.2, 0) is 6.42 Å². The summed E-state index contributed by atoms with van der Waals surface area (Å²) in [6.45, 7) is 9.46.